The van der Waals surface area contributed by atoms with Crippen LogP contribution in [0.1, 0.15) is 32.3 Å². The molecule has 1 aromatic rings. The molecule has 25 heavy (non-hydrogen) atoms. The Morgan fingerprint density at radius 3 is 2.88 bits per heavy atom. The highest BCUT2D eigenvalue weighted by atomic mass is 35.5. The summed E-state index contributed by atoms with van der Waals surface area (Å²) in [5.41, 5.74) is 6.15. The Bertz CT molecular complexity index is 583. The number of ether oxygens (including phenoxy) is 2. The summed E-state index contributed by atoms with van der Waals surface area (Å²) in [6.07, 6.45) is 2.51. The Labute approximate surface area is 154 Å². The summed E-state index contributed by atoms with van der Waals surface area (Å²) in [5, 5.41) is 3.92. The third kappa shape index (κ3) is 5.76. The largest absolute Gasteiger partial charge is 0.490 e. The van der Waals surface area contributed by atoms with Gasteiger partial charge >= 0.3 is 0 Å². The van der Waals surface area contributed by atoms with Gasteiger partial charge in [-0.3, -0.25) is 9.69 Å². The summed E-state index contributed by atoms with van der Waals surface area (Å²) in [4.78, 5) is 13.4. The average molecular weight is 370 g/mol. The second-order valence-electron chi connectivity index (χ2n) is 6.15. The summed E-state index contributed by atoms with van der Waals surface area (Å²) < 4.78 is 11.0. The quantitative estimate of drug-likeness (QED) is 0.661. The molecule has 0 saturated carbocycles. The Hall–Kier alpha value is -1.50. The van der Waals surface area contributed by atoms with E-state index < -0.39 is 5.91 Å². The predicted octanol–water partition coefficient (Wildman–Crippen LogP) is 2.18. The summed E-state index contributed by atoms with van der Waals surface area (Å²) in [5.74, 6) is 0.337. The highest BCUT2D eigenvalue weighted by molar-refractivity contribution is 6.32. The van der Waals surface area contributed by atoms with Crippen molar-refractivity contribution in [3.8, 4) is 11.5 Å². The highest BCUT2D eigenvalue weighted by Gasteiger charge is 2.22. The van der Waals surface area contributed by atoms with Crippen LogP contribution in [-0.4, -0.2) is 49.7 Å². The zero-order chi connectivity index (χ0) is 18.2. The van der Waals surface area contributed by atoms with E-state index in [-0.39, 0.29) is 6.61 Å². The van der Waals surface area contributed by atoms with Crippen molar-refractivity contribution < 1.29 is 14.3 Å². The number of rotatable bonds is 10. The molecule has 1 aromatic carbocycles. The van der Waals surface area contributed by atoms with Gasteiger partial charge in [-0.15, -0.1) is 0 Å². The number of primary amides is 1. The van der Waals surface area contributed by atoms with Crippen LogP contribution >= 0.6 is 11.6 Å². The Kier molecular flexibility index (Phi) is 7.81. The molecule has 1 atom stereocenters. The van der Waals surface area contributed by atoms with Crippen molar-refractivity contribution >= 4 is 17.5 Å². The van der Waals surface area contributed by atoms with Crippen LogP contribution in [0.3, 0.4) is 0 Å². The monoisotopic (exact) mass is 369 g/mol. The molecule has 1 aliphatic rings. The molecule has 0 aliphatic carbocycles. The van der Waals surface area contributed by atoms with E-state index in [1.165, 1.54) is 19.4 Å². The maximum absolute atomic E-state index is 10.9. The number of amides is 1. The molecular formula is C18H28ClN3O3. The van der Waals surface area contributed by atoms with Gasteiger partial charge in [-0.05, 0) is 50.6 Å². The second kappa shape index (κ2) is 9.85. The lowest BCUT2D eigenvalue weighted by atomic mass is 10.1. The SMILES string of the molecule is CCOc1cc(CNC[C@H]2CCCN2CC)cc(Cl)c1OCC(N)=O. The topological polar surface area (TPSA) is 76.8 Å². The fourth-order valence-corrected chi connectivity index (χ4v) is 3.48. The molecule has 7 heteroatoms. The van der Waals surface area contributed by atoms with E-state index >= 15 is 0 Å². The predicted molar refractivity (Wildman–Crippen MR) is 99.3 cm³/mol. The van der Waals surface area contributed by atoms with Crippen molar-refractivity contribution in [2.75, 3.05) is 32.8 Å². The number of hydrogen-bond acceptors (Lipinski definition) is 5. The van der Waals surface area contributed by atoms with Gasteiger partial charge in [-0.2, -0.15) is 0 Å². The first-order valence-corrected chi connectivity index (χ1v) is 9.24. The van der Waals surface area contributed by atoms with Crippen molar-refractivity contribution in [2.45, 2.75) is 39.3 Å². The van der Waals surface area contributed by atoms with Crippen molar-refractivity contribution in [2.24, 2.45) is 5.73 Å². The number of likely N-dealkylation sites (tertiary alicyclic amines) is 1. The van der Waals surface area contributed by atoms with E-state index in [2.05, 4.69) is 17.1 Å². The lowest BCUT2D eigenvalue weighted by molar-refractivity contribution is -0.119. The molecule has 3 N–H and O–H groups in total. The number of hydrogen-bond donors (Lipinski definition) is 2. The fraction of sp³-hybridized carbons (Fsp3) is 0.611. The van der Waals surface area contributed by atoms with Gasteiger partial charge in [0.2, 0.25) is 0 Å². The molecule has 1 amide bonds. The number of carbonyl (C=O) groups is 1. The Morgan fingerprint density at radius 2 is 2.20 bits per heavy atom. The van der Waals surface area contributed by atoms with E-state index in [0.29, 0.717) is 35.7 Å². The van der Waals surface area contributed by atoms with Crippen molar-refractivity contribution in [1.29, 1.82) is 0 Å². The van der Waals surface area contributed by atoms with E-state index in [9.17, 15) is 4.79 Å². The smallest absolute Gasteiger partial charge is 0.255 e. The molecule has 0 spiro atoms. The molecule has 0 radical (unpaired) electrons. The van der Waals surface area contributed by atoms with Crippen LogP contribution in [0, 0.1) is 0 Å². The molecule has 140 valence electrons. The molecule has 1 fully saturated rings. The van der Waals surface area contributed by atoms with E-state index in [1.807, 2.05) is 19.1 Å². The minimum Gasteiger partial charge on any atom is -0.490 e. The first-order chi connectivity index (χ1) is 12.0. The summed E-state index contributed by atoms with van der Waals surface area (Å²) in [6, 6.07) is 4.33. The van der Waals surface area contributed by atoms with Gasteiger partial charge in [0.05, 0.1) is 11.6 Å². The first-order valence-electron chi connectivity index (χ1n) is 8.86. The standard InChI is InChI=1S/C18H28ClN3O3/c1-3-22-7-5-6-14(22)11-21-10-13-8-15(19)18(25-12-17(20)23)16(9-13)24-4-2/h8-9,14,21H,3-7,10-12H2,1-2H3,(H2,20,23)/t14-/m1/s1. The minimum absolute atomic E-state index is 0.230. The van der Waals surface area contributed by atoms with Gasteiger partial charge in [-0.1, -0.05) is 18.5 Å². The third-order valence-corrected chi connectivity index (χ3v) is 4.62. The molecule has 6 nitrogen and oxygen atoms in total. The number of nitrogens with zero attached hydrogens (tertiary/aromatic N) is 1. The molecule has 2 rings (SSSR count). The lowest BCUT2D eigenvalue weighted by Gasteiger charge is -2.23. The molecule has 1 heterocycles. The van der Waals surface area contributed by atoms with Crippen LogP contribution in [0.5, 0.6) is 11.5 Å². The van der Waals surface area contributed by atoms with E-state index in [0.717, 1.165) is 18.7 Å². The van der Waals surface area contributed by atoms with Crippen LogP contribution in [0.2, 0.25) is 5.02 Å². The maximum atomic E-state index is 10.9. The van der Waals surface area contributed by atoms with Gasteiger partial charge in [0, 0.05) is 19.1 Å². The van der Waals surface area contributed by atoms with Gasteiger partial charge in [-0.25, -0.2) is 0 Å². The zero-order valence-corrected chi connectivity index (χ0v) is 15.8. The van der Waals surface area contributed by atoms with Gasteiger partial charge in [0.25, 0.3) is 5.91 Å². The number of nitrogens with two attached hydrogens (primary N) is 1. The first kappa shape index (κ1) is 19.8. The van der Waals surface area contributed by atoms with Gasteiger partial charge in [0.1, 0.15) is 0 Å². The Morgan fingerprint density at radius 1 is 1.40 bits per heavy atom. The highest BCUT2D eigenvalue weighted by Crippen LogP contribution is 2.36. The third-order valence-electron chi connectivity index (χ3n) is 4.34. The molecule has 1 saturated heterocycles. The van der Waals surface area contributed by atoms with Gasteiger partial charge < -0.3 is 20.5 Å². The van der Waals surface area contributed by atoms with Crippen LogP contribution in [-0.2, 0) is 11.3 Å². The fourth-order valence-electron chi connectivity index (χ4n) is 3.20. The minimum atomic E-state index is -0.554. The molecule has 0 aromatic heterocycles. The number of halogens is 1. The Balaban J connectivity index is 1.99. The van der Waals surface area contributed by atoms with Crippen LogP contribution in [0.25, 0.3) is 0 Å². The lowest BCUT2D eigenvalue weighted by Crippen LogP contribution is -2.37. The van der Waals surface area contributed by atoms with E-state index in [1.54, 1.807) is 0 Å². The second-order valence-corrected chi connectivity index (χ2v) is 6.56. The maximum Gasteiger partial charge on any atom is 0.255 e. The molecule has 1 aliphatic heterocycles. The van der Waals surface area contributed by atoms with Crippen LogP contribution in [0.4, 0.5) is 0 Å². The average Bonchev–Trinajstić information content (AvgIpc) is 3.01. The zero-order valence-electron chi connectivity index (χ0n) is 15.0. The number of benzene rings is 1. The summed E-state index contributed by atoms with van der Waals surface area (Å²) in [7, 11) is 0. The molecule has 0 unspecified atom stereocenters. The number of carbonyl (C=O) groups excluding carboxylic acids is 1. The van der Waals surface area contributed by atoms with Gasteiger partial charge in [0.15, 0.2) is 18.1 Å². The summed E-state index contributed by atoms with van der Waals surface area (Å²) >= 11 is 6.31. The van der Waals surface area contributed by atoms with Crippen LogP contribution < -0.4 is 20.5 Å². The van der Waals surface area contributed by atoms with E-state index in [4.69, 9.17) is 26.8 Å². The van der Waals surface area contributed by atoms with Crippen molar-refractivity contribution in [3.63, 3.8) is 0 Å². The number of nitrogens with one attached hydrogen (secondary N) is 1. The van der Waals surface area contributed by atoms with Crippen molar-refractivity contribution in [3.05, 3.63) is 22.7 Å². The number of likely N-dealkylation sites (N-methyl/N-ethyl adjacent to an activating group) is 1. The summed E-state index contributed by atoms with van der Waals surface area (Å²) in [6.45, 7) is 8.28. The van der Waals surface area contributed by atoms with Crippen LogP contribution in [0.15, 0.2) is 12.1 Å². The molecule has 0 bridgehead atoms. The normalized spacial score (nSPS) is 17.6. The molecular weight excluding hydrogens is 342 g/mol. The van der Waals surface area contributed by atoms with Crippen molar-refractivity contribution in [1.82, 2.24) is 10.2 Å².